The first-order valence-electron chi connectivity index (χ1n) is 16.9. The molecular formula is C46H28N2O2. The fraction of sp³-hybridized carbons (Fsp3) is 0. The fourth-order valence-electron chi connectivity index (χ4n) is 8.02. The Labute approximate surface area is 286 Å². The zero-order chi connectivity index (χ0) is 32.8. The lowest BCUT2D eigenvalue weighted by Gasteiger charge is -2.27. The van der Waals surface area contributed by atoms with Crippen LogP contribution >= 0.6 is 0 Å². The van der Waals surface area contributed by atoms with Crippen molar-refractivity contribution >= 4 is 93.5 Å². The maximum absolute atomic E-state index is 6.72. The standard InChI is InChI=1S/C46H28N2O2/c1-2-12-30(13-3-1)48-38-19-7-4-14-33(38)35-17-10-20-39(45(35)48)47(40-21-11-18-36-34-15-5-8-22-41(34)50-46(36)40)31-25-26-32-29(28-31)24-27-43-44(32)37-16-6-9-23-42(37)49-43/h1-28H. The lowest BCUT2D eigenvalue weighted by atomic mass is 10.0. The largest absolute Gasteiger partial charge is 0.456 e. The normalized spacial score (nSPS) is 12.0. The van der Waals surface area contributed by atoms with Crippen LogP contribution in [-0.4, -0.2) is 4.57 Å². The van der Waals surface area contributed by atoms with Crippen molar-refractivity contribution < 1.29 is 8.83 Å². The number of rotatable bonds is 4. The Morgan fingerprint density at radius 2 is 1.10 bits per heavy atom. The lowest BCUT2D eigenvalue weighted by Crippen LogP contribution is -2.12. The highest BCUT2D eigenvalue weighted by Crippen LogP contribution is 2.47. The van der Waals surface area contributed by atoms with Crippen molar-refractivity contribution in [1.82, 2.24) is 4.57 Å². The van der Waals surface area contributed by atoms with Crippen LogP contribution in [0.15, 0.2) is 179 Å². The molecule has 0 bridgehead atoms. The molecule has 0 saturated carbocycles. The van der Waals surface area contributed by atoms with Crippen LogP contribution in [0.5, 0.6) is 0 Å². The summed E-state index contributed by atoms with van der Waals surface area (Å²) in [4.78, 5) is 2.38. The molecule has 3 aromatic heterocycles. The van der Waals surface area contributed by atoms with E-state index in [1.54, 1.807) is 0 Å². The van der Waals surface area contributed by atoms with E-state index >= 15 is 0 Å². The van der Waals surface area contributed by atoms with Crippen LogP contribution in [0, 0.1) is 0 Å². The summed E-state index contributed by atoms with van der Waals surface area (Å²) in [5.74, 6) is 0. The molecule has 0 unspecified atom stereocenters. The minimum Gasteiger partial charge on any atom is -0.456 e. The summed E-state index contributed by atoms with van der Waals surface area (Å²) in [5.41, 5.74) is 10.00. The highest BCUT2D eigenvalue weighted by molar-refractivity contribution is 6.20. The lowest BCUT2D eigenvalue weighted by molar-refractivity contribution is 0.669. The van der Waals surface area contributed by atoms with Gasteiger partial charge in [-0.05, 0) is 71.4 Å². The van der Waals surface area contributed by atoms with Gasteiger partial charge in [-0.3, -0.25) is 0 Å². The van der Waals surface area contributed by atoms with E-state index < -0.39 is 0 Å². The minimum atomic E-state index is 0.851. The third kappa shape index (κ3) is 3.81. The van der Waals surface area contributed by atoms with Crippen molar-refractivity contribution in [2.24, 2.45) is 0 Å². The van der Waals surface area contributed by atoms with Gasteiger partial charge in [0.2, 0.25) is 0 Å². The Hall–Kier alpha value is -6.78. The third-order valence-corrected chi connectivity index (χ3v) is 10.2. The Morgan fingerprint density at radius 1 is 0.420 bits per heavy atom. The second-order valence-electron chi connectivity index (χ2n) is 12.9. The molecule has 0 aliphatic heterocycles. The van der Waals surface area contributed by atoms with E-state index in [1.165, 1.54) is 10.8 Å². The number of furan rings is 2. The molecule has 50 heavy (non-hydrogen) atoms. The molecule has 3 heterocycles. The molecule has 4 heteroatoms. The zero-order valence-corrected chi connectivity index (χ0v) is 26.9. The summed E-state index contributed by atoms with van der Waals surface area (Å²) in [6, 6.07) is 60.1. The van der Waals surface area contributed by atoms with Gasteiger partial charge < -0.3 is 18.3 Å². The molecule has 8 aromatic carbocycles. The molecule has 4 nitrogen and oxygen atoms in total. The Morgan fingerprint density at radius 3 is 1.96 bits per heavy atom. The molecule has 0 aliphatic rings. The first kappa shape index (κ1) is 27.2. The SMILES string of the molecule is c1ccc(-n2c3ccccc3c3cccc(N(c4ccc5c(ccc6oc7ccccc7c65)c4)c4cccc5c4oc4ccccc45)c32)cc1. The first-order valence-corrected chi connectivity index (χ1v) is 16.9. The van der Waals surface area contributed by atoms with Gasteiger partial charge in [-0.1, -0.05) is 109 Å². The van der Waals surface area contributed by atoms with E-state index in [0.29, 0.717) is 0 Å². The van der Waals surface area contributed by atoms with Gasteiger partial charge in [0.25, 0.3) is 0 Å². The van der Waals surface area contributed by atoms with Gasteiger partial charge in [0.05, 0.1) is 22.4 Å². The number of benzene rings is 8. The van der Waals surface area contributed by atoms with Crippen molar-refractivity contribution in [3.05, 3.63) is 170 Å². The Balaban J connectivity index is 1.26. The minimum absolute atomic E-state index is 0.851. The second kappa shape index (κ2) is 10.4. The molecule has 11 aromatic rings. The van der Waals surface area contributed by atoms with Gasteiger partial charge >= 0.3 is 0 Å². The highest BCUT2D eigenvalue weighted by atomic mass is 16.3. The average molecular weight is 641 g/mol. The van der Waals surface area contributed by atoms with Crippen molar-refractivity contribution in [1.29, 1.82) is 0 Å². The summed E-state index contributed by atoms with van der Waals surface area (Å²) >= 11 is 0. The Kier molecular flexibility index (Phi) is 5.63. The highest BCUT2D eigenvalue weighted by Gasteiger charge is 2.25. The van der Waals surface area contributed by atoms with Gasteiger partial charge in [0.15, 0.2) is 5.58 Å². The molecule has 0 saturated heterocycles. The summed E-state index contributed by atoms with van der Waals surface area (Å²) in [6.07, 6.45) is 0. The van der Waals surface area contributed by atoms with Gasteiger partial charge in [0.1, 0.15) is 16.7 Å². The van der Waals surface area contributed by atoms with Gasteiger partial charge in [-0.25, -0.2) is 0 Å². The number of nitrogens with zero attached hydrogens (tertiary/aromatic N) is 2. The molecule has 11 rings (SSSR count). The smallest absolute Gasteiger partial charge is 0.159 e. The van der Waals surface area contributed by atoms with Crippen molar-refractivity contribution in [3.63, 3.8) is 0 Å². The first-order chi connectivity index (χ1) is 24.8. The van der Waals surface area contributed by atoms with E-state index in [0.717, 1.165) is 88.4 Å². The third-order valence-electron chi connectivity index (χ3n) is 10.2. The molecule has 0 radical (unpaired) electrons. The quantitative estimate of drug-likeness (QED) is 0.192. The van der Waals surface area contributed by atoms with Crippen molar-refractivity contribution in [3.8, 4) is 5.69 Å². The number of fused-ring (bicyclic) bond motifs is 11. The van der Waals surface area contributed by atoms with E-state index in [9.17, 15) is 0 Å². The number of hydrogen-bond donors (Lipinski definition) is 0. The summed E-state index contributed by atoms with van der Waals surface area (Å²) < 4.78 is 15.4. The van der Waals surface area contributed by atoms with Crippen molar-refractivity contribution in [2.45, 2.75) is 0 Å². The zero-order valence-electron chi connectivity index (χ0n) is 26.9. The second-order valence-corrected chi connectivity index (χ2v) is 12.9. The van der Waals surface area contributed by atoms with E-state index in [1.807, 2.05) is 24.3 Å². The van der Waals surface area contributed by atoms with Crippen LogP contribution in [0.25, 0.3) is 82.1 Å². The van der Waals surface area contributed by atoms with Crippen LogP contribution in [-0.2, 0) is 0 Å². The molecule has 0 amide bonds. The molecular weight excluding hydrogens is 613 g/mol. The number of aromatic nitrogens is 1. The average Bonchev–Trinajstić information content (AvgIpc) is 3.86. The topological polar surface area (TPSA) is 34.5 Å². The van der Waals surface area contributed by atoms with Crippen LogP contribution in [0.2, 0.25) is 0 Å². The van der Waals surface area contributed by atoms with Crippen LogP contribution in [0.1, 0.15) is 0 Å². The number of para-hydroxylation sites is 6. The fourth-order valence-corrected chi connectivity index (χ4v) is 8.02. The molecule has 0 fully saturated rings. The van der Waals surface area contributed by atoms with Gasteiger partial charge in [-0.15, -0.1) is 0 Å². The molecule has 0 aliphatic carbocycles. The molecule has 234 valence electrons. The number of hydrogen-bond acceptors (Lipinski definition) is 3. The van der Waals surface area contributed by atoms with E-state index in [4.69, 9.17) is 8.83 Å². The van der Waals surface area contributed by atoms with E-state index in [-0.39, 0.29) is 0 Å². The van der Waals surface area contributed by atoms with Crippen LogP contribution in [0.3, 0.4) is 0 Å². The van der Waals surface area contributed by atoms with Crippen molar-refractivity contribution in [2.75, 3.05) is 4.90 Å². The predicted molar refractivity (Wildman–Crippen MR) is 208 cm³/mol. The molecule has 0 spiro atoms. The maximum Gasteiger partial charge on any atom is 0.159 e. The summed E-state index contributed by atoms with van der Waals surface area (Å²) in [6.45, 7) is 0. The summed E-state index contributed by atoms with van der Waals surface area (Å²) in [5, 5.41) is 9.16. The Bertz CT molecular complexity index is 3110. The van der Waals surface area contributed by atoms with Crippen LogP contribution < -0.4 is 4.90 Å². The molecule has 0 N–H and O–H groups in total. The maximum atomic E-state index is 6.72. The van der Waals surface area contributed by atoms with Gasteiger partial charge in [-0.2, -0.15) is 0 Å². The van der Waals surface area contributed by atoms with E-state index in [2.05, 4.69) is 155 Å². The monoisotopic (exact) mass is 640 g/mol. The van der Waals surface area contributed by atoms with Gasteiger partial charge in [0, 0.05) is 43.7 Å². The van der Waals surface area contributed by atoms with Crippen LogP contribution in [0.4, 0.5) is 17.1 Å². The predicted octanol–water partition coefficient (Wildman–Crippen LogP) is 13.2. The molecule has 0 atom stereocenters. The number of anilines is 3. The summed E-state index contributed by atoms with van der Waals surface area (Å²) in [7, 11) is 0.